The average Bonchev–Trinajstić information content (AvgIpc) is 2.68. The van der Waals surface area contributed by atoms with Crippen LogP contribution in [-0.2, 0) is 6.42 Å². The van der Waals surface area contributed by atoms with E-state index in [0.29, 0.717) is 42.6 Å². The summed E-state index contributed by atoms with van der Waals surface area (Å²) < 4.78 is 23.2. The zero-order valence-electron chi connectivity index (χ0n) is 17.4. The molecule has 6 heteroatoms. The third-order valence-electron chi connectivity index (χ3n) is 4.36. The van der Waals surface area contributed by atoms with Gasteiger partial charge in [0.15, 0.2) is 11.5 Å². The van der Waals surface area contributed by atoms with Gasteiger partial charge in [-0.3, -0.25) is 0 Å². The van der Waals surface area contributed by atoms with E-state index >= 15 is 0 Å². The van der Waals surface area contributed by atoms with Crippen LogP contribution in [0.5, 0.6) is 23.0 Å². The molecule has 3 N–H and O–H groups in total. The lowest BCUT2D eigenvalue weighted by Crippen LogP contribution is -2.27. The molecule has 0 saturated heterocycles. The number of methoxy groups -OCH3 is 2. The third-order valence-corrected chi connectivity index (χ3v) is 4.36. The Hall–Kier alpha value is -1.66. The van der Waals surface area contributed by atoms with Crippen LogP contribution in [0.3, 0.4) is 0 Å². The molecule has 0 amide bonds. The maximum absolute atomic E-state index is 9.38. The number of hydrogen-bond acceptors (Lipinski definition) is 6. The number of aliphatic hydroxyl groups is 1. The highest BCUT2D eigenvalue weighted by molar-refractivity contribution is 5.63. The fourth-order valence-electron chi connectivity index (χ4n) is 2.85. The number of nitrogens with two attached hydrogens (primary N) is 1. The molecule has 0 aromatic heterocycles. The molecule has 0 fully saturated rings. The minimum atomic E-state index is -0.381. The maximum atomic E-state index is 9.38. The largest absolute Gasteiger partial charge is 0.490 e. The second-order valence-electron chi connectivity index (χ2n) is 6.69. The van der Waals surface area contributed by atoms with Gasteiger partial charge in [-0.05, 0) is 25.3 Å². The van der Waals surface area contributed by atoms with E-state index in [4.69, 9.17) is 24.7 Å². The van der Waals surface area contributed by atoms with E-state index in [1.54, 1.807) is 14.2 Å². The van der Waals surface area contributed by atoms with Crippen LogP contribution in [0, 0.1) is 0 Å². The Labute approximate surface area is 163 Å². The molecule has 0 bridgehead atoms. The van der Waals surface area contributed by atoms with Gasteiger partial charge in [0.2, 0.25) is 11.5 Å². The van der Waals surface area contributed by atoms with Crippen molar-refractivity contribution in [3.63, 3.8) is 0 Å². The van der Waals surface area contributed by atoms with Gasteiger partial charge in [0, 0.05) is 11.6 Å². The van der Waals surface area contributed by atoms with Crippen molar-refractivity contribution in [2.75, 3.05) is 34.0 Å². The molecule has 0 radical (unpaired) electrons. The fraction of sp³-hybridized carbons (Fsp3) is 0.714. The monoisotopic (exact) mass is 383 g/mol. The van der Waals surface area contributed by atoms with Crippen LogP contribution in [0.2, 0.25) is 0 Å². The fourth-order valence-corrected chi connectivity index (χ4v) is 2.85. The lowest BCUT2D eigenvalue weighted by Gasteiger charge is -2.22. The van der Waals surface area contributed by atoms with E-state index in [2.05, 4.69) is 13.8 Å². The Morgan fingerprint density at radius 3 is 2.00 bits per heavy atom. The number of aliphatic hydroxyl groups excluding tert-OH is 1. The van der Waals surface area contributed by atoms with Crippen LogP contribution < -0.4 is 24.7 Å². The summed E-state index contributed by atoms with van der Waals surface area (Å²) in [6.07, 6.45) is 6.86. The summed E-state index contributed by atoms with van der Waals surface area (Å²) in [5, 5.41) is 9.38. The Balaban J connectivity index is 3.18. The number of rotatable bonds is 15. The Morgan fingerprint density at radius 1 is 0.889 bits per heavy atom. The zero-order chi connectivity index (χ0) is 20.1. The number of ether oxygens (including phenoxy) is 4. The summed E-state index contributed by atoms with van der Waals surface area (Å²) in [4.78, 5) is 0. The van der Waals surface area contributed by atoms with E-state index in [0.717, 1.165) is 44.1 Å². The van der Waals surface area contributed by atoms with Crippen molar-refractivity contribution in [2.24, 2.45) is 5.73 Å². The van der Waals surface area contributed by atoms with Gasteiger partial charge in [-0.2, -0.15) is 0 Å². The first kappa shape index (κ1) is 23.4. The molecular formula is C21H37NO5. The normalized spacial score (nSPS) is 11.9. The molecular weight excluding hydrogens is 346 g/mol. The minimum absolute atomic E-state index is 0.101. The topological polar surface area (TPSA) is 83.2 Å². The van der Waals surface area contributed by atoms with Gasteiger partial charge in [0.05, 0.1) is 34.0 Å². The molecule has 0 unspecified atom stereocenters. The average molecular weight is 384 g/mol. The number of benzene rings is 1. The predicted molar refractivity (Wildman–Crippen MR) is 108 cm³/mol. The Kier molecular flexibility index (Phi) is 11.7. The van der Waals surface area contributed by atoms with Crippen LogP contribution in [0.4, 0.5) is 0 Å². The van der Waals surface area contributed by atoms with E-state index < -0.39 is 0 Å². The highest BCUT2D eigenvalue weighted by atomic mass is 16.5. The minimum Gasteiger partial charge on any atom is -0.490 e. The van der Waals surface area contributed by atoms with Crippen molar-refractivity contribution in [1.29, 1.82) is 0 Å². The van der Waals surface area contributed by atoms with Crippen molar-refractivity contribution >= 4 is 0 Å². The van der Waals surface area contributed by atoms with Crippen LogP contribution in [0.1, 0.15) is 57.9 Å². The smallest absolute Gasteiger partial charge is 0.207 e. The Bertz CT molecular complexity index is 536. The molecule has 156 valence electrons. The van der Waals surface area contributed by atoms with Crippen LogP contribution in [0.25, 0.3) is 0 Å². The molecule has 6 nitrogen and oxygen atoms in total. The SMILES string of the molecule is CCCCCOc1cc(C[C@@H](N)CO)c(OCCCCC)c(OC)c1OC. The first-order valence-corrected chi connectivity index (χ1v) is 10.0. The van der Waals surface area contributed by atoms with E-state index in [-0.39, 0.29) is 12.6 Å². The van der Waals surface area contributed by atoms with Crippen LogP contribution in [0.15, 0.2) is 6.07 Å². The molecule has 0 spiro atoms. The third kappa shape index (κ3) is 7.46. The lowest BCUT2D eigenvalue weighted by molar-refractivity contribution is 0.250. The molecule has 0 aliphatic rings. The highest BCUT2D eigenvalue weighted by Gasteiger charge is 2.23. The zero-order valence-corrected chi connectivity index (χ0v) is 17.4. The van der Waals surface area contributed by atoms with Gasteiger partial charge in [0.25, 0.3) is 0 Å². The lowest BCUT2D eigenvalue weighted by atomic mass is 10.0. The first-order chi connectivity index (χ1) is 13.1. The van der Waals surface area contributed by atoms with Gasteiger partial charge < -0.3 is 29.8 Å². The summed E-state index contributed by atoms with van der Waals surface area (Å²) in [6.45, 7) is 5.40. The van der Waals surface area contributed by atoms with Crippen molar-refractivity contribution in [3.8, 4) is 23.0 Å². The highest BCUT2D eigenvalue weighted by Crippen LogP contribution is 2.47. The van der Waals surface area contributed by atoms with Crippen molar-refractivity contribution in [1.82, 2.24) is 0 Å². The molecule has 0 heterocycles. The van der Waals surface area contributed by atoms with Gasteiger partial charge in [-0.1, -0.05) is 39.5 Å². The number of hydrogen-bond donors (Lipinski definition) is 2. The van der Waals surface area contributed by atoms with Crippen molar-refractivity contribution in [2.45, 2.75) is 64.8 Å². The maximum Gasteiger partial charge on any atom is 0.207 e. The number of unbranched alkanes of at least 4 members (excludes halogenated alkanes) is 4. The molecule has 0 saturated carbocycles. The molecule has 1 atom stereocenters. The first-order valence-electron chi connectivity index (χ1n) is 10.0. The molecule has 1 aromatic rings. The molecule has 0 aliphatic carbocycles. The summed E-state index contributed by atoms with van der Waals surface area (Å²) in [5.74, 6) is 2.28. The summed E-state index contributed by atoms with van der Waals surface area (Å²) in [5.41, 5.74) is 6.84. The molecule has 27 heavy (non-hydrogen) atoms. The molecule has 0 aliphatic heterocycles. The van der Waals surface area contributed by atoms with Crippen molar-refractivity contribution in [3.05, 3.63) is 11.6 Å². The van der Waals surface area contributed by atoms with Gasteiger partial charge >= 0.3 is 0 Å². The van der Waals surface area contributed by atoms with Crippen molar-refractivity contribution < 1.29 is 24.1 Å². The van der Waals surface area contributed by atoms with Gasteiger partial charge in [-0.15, -0.1) is 0 Å². The van der Waals surface area contributed by atoms with Crippen LogP contribution in [-0.4, -0.2) is 45.2 Å². The van der Waals surface area contributed by atoms with E-state index in [1.165, 1.54) is 0 Å². The molecule has 1 aromatic carbocycles. The second-order valence-corrected chi connectivity index (χ2v) is 6.69. The summed E-state index contributed by atoms with van der Waals surface area (Å²) in [7, 11) is 3.18. The summed E-state index contributed by atoms with van der Waals surface area (Å²) >= 11 is 0. The van der Waals surface area contributed by atoms with Gasteiger partial charge in [0.1, 0.15) is 0 Å². The van der Waals surface area contributed by atoms with E-state index in [9.17, 15) is 5.11 Å². The quantitative estimate of drug-likeness (QED) is 0.449. The Morgan fingerprint density at radius 2 is 1.48 bits per heavy atom. The predicted octanol–water partition coefficient (Wildman–Crippen LogP) is 3.70. The summed E-state index contributed by atoms with van der Waals surface area (Å²) in [6, 6.07) is 1.52. The van der Waals surface area contributed by atoms with Crippen LogP contribution >= 0.6 is 0 Å². The standard InChI is InChI=1S/C21H37NO5/c1-5-7-9-11-26-18-14-16(13-17(22)15-23)19(27-12-10-8-6-2)21(25-4)20(18)24-3/h14,17,23H,5-13,15,22H2,1-4H3/t17-/m1/s1. The molecule has 1 rings (SSSR count). The second kappa shape index (κ2) is 13.5. The van der Waals surface area contributed by atoms with E-state index in [1.807, 2.05) is 6.07 Å². The van der Waals surface area contributed by atoms with Gasteiger partial charge in [-0.25, -0.2) is 0 Å².